The van der Waals surface area contributed by atoms with E-state index in [0.29, 0.717) is 18.8 Å². The molecular formula is C21H20F3N5O. The Bertz CT molecular complexity index is 1210. The predicted octanol–water partition coefficient (Wildman–Crippen LogP) is 4.58. The Kier molecular flexibility index (Phi) is 4.50. The summed E-state index contributed by atoms with van der Waals surface area (Å²) in [5.74, 6) is 0.759. The van der Waals surface area contributed by atoms with Crippen molar-refractivity contribution in [1.82, 2.24) is 24.5 Å². The topological polar surface area (TPSA) is 59.5 Å². The molecule has 6 nitrogen and oxygen atoms in total. The maximum Gasteiger partial charge on any atom is 0.433 e. The van der Waals surface area contributed by atoms with Crippen molar-refractivity contribution in [2.45, 2.75) is 38.4 Å². The molecule has 1 aliphatic rings. The summed E-state index contributed by atoms with van der Waals surface area (Å²) >= 11 is 0. The van der Waals surface area contributed by atoms with Crippen LogP contribution in [0.15, 0.2) is 41.1 Å². The highest BCUT2D eigenvalue weighted by Gasteiger charge is 2.36. The number of fused-ring (bicyclic) bond motifs is 2. The van der Waals surface area contributed by atoms with E-state index < -0.39 is 11.9 Å². The quantitative estimate of drug-likeness (QED) is 0.490. The van der Waals surface area contributed by atoms with Crippen LogP contribution < -0.4 is 0 Å². The smallest absolute Gasteiger partial charge is 0.433 e. The number of aromatic nitrogens is 4. The normalized spacial score (nSPS) is 18.5. The maximum atomic E-state index is 13.5. The summed E-state index contributed by atoms with van der Waals surface area (Å²) in [4.78, 5) is 10.5. The molecule has 1 aliphatic heterocycles. The highest BCUT2D eigenvalue weighted by molar-refractivity contribution is 5.82. The van der Waals surface area contributed by atoms with Gasteiger partial charge in [-0.2, -0.15) is 27.8 Å². The van der Waals surface area contributed by atoms with Gasteiger partial charge in [0.05, 0.1) is 5.69 Å². The van der Waals surface area contributed by atoms with Crippen molar-refractivity contribution in [2.24, 2.45) is 0 Å². The fraction of sp³-hybridized carbons (Fsp3) is 0.381. The average Bonchev–Trinajstić information content (AvgIpc) is 3.31. The number of piperidine rings is 1. The fourth-order valence-corrected chi connectivity index (χ4v) is 4.32. The van der Waals surface area contributed by atoms with Crippen LogP contribution in [0.4, 0.5) is 13.2 Å². The molecule has 0 saturated carbocycles. The SMILES string of the molecule is Cc1oc2ccccc2c1CN1CCCC(c2cc(C(F)(F)F)n3ncnc3n2)C1. The molecule has 1 atom stereocenters. The molecule has 3 aromatic heterocycles. The zero-order valence-corrected chi connectivity index (χ0v) is 16.4. The lowest BCUT2D eigenvalue weighted by atomic mass is 9.93. The minimum atomic E-state index is -4.52. The molecule has 0 spiro atoms. The number of halogens is 3. The summed E-state index contributed by atoms with van der Waals surface area (Å²) in [5.41, 5.74) is 1.56. The molecule has 4 heterocycles. The van der Waals surface area contributed by atoms with E-state index in [1.54, 1.807) is 0 Å². The Balaban J connectivity index is 1.44. The largest absolute Gasteiger partial charge is 0.461 e. The van der Waals surface area contributed by atoms with Crippen molar-refractivity contribution in [1.29, 1.82) is 0 Å². The summed E-state index contributed by atoms with van der Waals surface area (Å²) in [6.07, 6.45) is -1.75. The monoisotopic (exact) mass is 415 g/mol. The van der Waals surface area contributed by atoms with Crippen molar-refractivity contribution < 1.29 is 17.6 Å². The molecular weight excluding hydrogens is 395 g/mol. The Hall–Kier alpha value is -2.94. The van der Waals surface area contributed by atoms with Crippen molar-refractivity contribution in [3.05, 3.63) is 59.4 Å². The first-order valence-corrected chi connectivity index (χ1v) is 9.87. The van der Waals surface area contributed by atoms with Crippen LogP contribution in [0.25, 0.3) is 16.7 Å². The number of alkyl halides is 3. The van der Waals surface area contributed by atoms with Crippen LogP contribution >= 0.6 is 0 Å². The third-order valence-corrected chi connectivity index (χ3v) is 5.77. The van der Waals surface area contributed by atoms with Crippen LogP contribution in [0.2, 0.25) is 0 Å². The van der Waals surface area contributed by atoms with E-state index in [0.717, 1.165) is 58.6 Å². The van der Waals surface area contributed by atoms with Gasteiger partial charge in [0.1, 0.15) is 17.7 Å². The van der Waals surface area contributed by atoms with Gasteiger partial charge in [-0.1, -0.05) is 18.2 Å². The molecule has 30 heavy (non-hydrogen) atoms. The lowest BCUT2D eigenvalue weighted by Crippen LogP contribution is -2.34. The van der Waals surface area contributed by atoms with Crippen LogP contribution in [0.5, 0.6) is 0 Å². The molecule has 0 N–H and O–H groups in total. The van der Waals surface area contributed by atoms with Gasteiger partial charge in [-0.05, 0) is 38.4 Å². The molecule has 0 amide bonds. The summed E-state index contributed by atoms with van der Waals surface area (Å²) < 4.78 is 47.2. The molecule has 0 radical (unpaired) electrons. The van der Waals surface area contributed by atoms with E-state index in [-0.39, 0.29) is 11.7 Å². The van der Waals surface area contributed by atoms with Gasteiger partial charge < -0.3 is 4.42 Å². The van der Waals surface area contributed by atoms with Gasteiger partial charge in [0, 0.05) is 30.0 Å². The first-order valence-electron chi connectivity index (χ1n) is 9.87. The molecule has 156 valence electrons. The summed E-state index contributed by atoms with van der Waals surface area (Å²) in [6.45, 7) is 4.16. The molecule has 5 rings (SSSR count). The van der Waals surface area contributed by atoms with E-state index in [9.17, 15) is 13.2 Å². The lowest BCUT2D eigenvalue weighted by Gasteiger charge is -2.32. The highest BCUT2D eigenvalue weighted by atomic mass is 19.4. The van der Waals surface area contributed by atoms with Crippen LogP contribution in [-0.4, -0.2) is 37.6 Å². The van der Waals surface area contributed by atoms with Gasteiger partial charge >= 0.3 is 6.18 Å². The van der Waals surface area contributed by atoms with E-state index in [1.807, 2.05) is 31.2 Å². The third-order valence-electron chi connectivity index (χ3n) is 5.77. The number of para-hydroxylation sites is 1. The molecule has 9 heteroatoms. The molecule has 0 bridgehead atoms. The van der Waals surface area contributed by atoms with Crippen molar-refractivity contribution in [2.75, 3.05) is 13.1 Å². The van der Waals surface area contributed by atoms with Crippen molar-refractivity contribution >= 4 is 16.7 Å². The van der Waals surface area contributed by atoms with E-state index >= 15 is 0 Å². The van der Waals surface area contributed by atoms with Crippen molar-refractivity contribution in [3.8, 4) is 0 Å². The molecule has 1 aromatic carbocycles. The second-order valence-corrected chi connectivity index (χ2v) is 7.74. The van der Waals surface area contributed by atoms with Gasteiger partial charge in [-0.3, -0.25) is 4.90 Å². The van der Waals surface area contributed by atoms with E-state index in [1.165, 1.54) is 0 Å². The molecule has 0 aliphatic carbocycles. The maximum absolute atomic E-state index is 13.5. The Labute approximate surface area is 170 Å². The van der Waals surface area contributed by atoms with E-state index in [2.05, 4.69) is 20.0 Å². The van der Waals surface area contributed by atoms with Gasteiger partial charge in [0.25, 0.3) is 5.78 Å². The second-order valence-electron chi connectivity index (χ2n) is 7.74. The number of benzene rings is 1. The van der Waals surface area contributed by atoms with Gasteiger partial charge in [0.2, 0.25) is 0 Å². The highest BCUT2D eigenvalue weighted by Crippen LogP contribution is 2.34. The minimum Gasteiger partial charge on any atom is -0.461 e. The number of nitrogens with zero attached hydrogens (tertiary/aromatic N) is 5. The van der Waals surface area contributed by atoms with Crippen LogP contribution in [-0.2, 0) is 12.7 Å². The van der Waals surface area contributed by atoms with Gasteiger partial charge in [-0.25, -0.2) is 4.98 Å². The minimum absolute atomic E-state index is 0.0198. The summed E-state index contributed by atoms with van der Waals surface area (Å²) in [7, 11) is 0. The predicted molar refractivity (Wildman–Crippen MR) is 104 cm³/mol. The fourth-order valence-electron chi connectivity index (χ4n) is 4.32. The average molecular weight is 415 g/mol. The number of furan rings is 1. The van der Waals surface area contributed by atoms with Gasteiger partial charge in [0.15, 0.2) is 5.69 Å². The zero-order valence-electron chi connectivity index (χ0n) is 16.4. The number of aryl methyl sites for hydroxylation is 1. The Morgan fingerprint density at radius 1 is 1.23 bits per heavy atom. The standard InChI is InChI=1S/C21H20F3N5O/c1-13-16(15-6-2-3-7-18(15)30-13)11-28-8-4-5-14(10-28)17-9-19(21(22,23)24)29-20(27-17)25-12-26-29/h2-3,6-7,9,12,14H,4-5,8,10-11H2,1H3. The summed E-state index contributed by atoms with van der Waals surface area (Å²) in [6, 6.07) is 9.03. The summed E-state index contributed by atoms with van der Waals surface area (Å²) in [5, 5.41) is 4.76. The van der Waals surface area contributed by atoms with Crippen molar-refractivity contribution in [3.63, 3.8) is 0 Å². The molecule has 1 fully saturated rings. The Morgan fingerprint density at radius 3 is 2.90 bits per heavy atom. The number of hydrogen-bond donors (Lipinski definition) is 0. The first kappa shape index (κ1) is 19.0. The first-order chi connectivity index (χ1) is 14.4. The van der Waals surface area contributed by atoms with Crippen LogP contribution in [0, 0.1) is 6.92 Å². The van der Waals surface area contributed by atoms with Gasteiger partial charge in [-0.15, -0.1) is 0 Å². The number of rotatable bonds is 3. The molecule has 1 unspecified atom stereocenters. The third kappa shape index (κ3) is 3.32. The Morgan fingerprint density at radius 2 is 2.07 bits per heavy atom. The van der Waals surface area contributed by atoms with Crippen LogP contribution in [0.1, 0.15) is 41.5 Å². The molecule has 4 aromatic rings. The second kappa shape index (κ2) is 7.09. The van der Waals surface area contributed by atoms with Crippen LogP contribution in [0.3, 0.4) is 0 Å². The molecule has 1 saturated heterocycles. The number of likely N-dealkylation sites (tertiary alicyclic amines) is 1. The van der Waals surface area contributed by atoms with E-state index in [4.69, 9.17) is 4.42 Å². The lowest BCUT2D eigenvalue weighted by molar-refractivity contribution is -0.142. The number of hydrogen-bond acceptors (Lipinski definition) is 5. The zero-order chi connectivity index (χ0) is 20.9.